The van der Waals surface area contributed by atoms with E-state index in [-0.39, 0.29) is 23.9 Å². The van der Waals surface area contributed by atoms with Crippen molar-refractivity contribution in [2.45, 2.75) is 38.6 Å². The topological polar surface area (TPSA) is 52.5 Å². The second kappa shape index (κ2) is 6.12. The minimum absolute atomic E-state index is 0. The van der Waals surface area contributed by atoms with E-state index in [0.717, 1.165) is 37.8 Å². The van der Waals surface area contributed by atoms with Crippen molar-refractivity contribution in [1.29, 1.82) is 0 Å². The van der Waals surface area contributed by atoms with Crippen LogP contribution in [0.1, 0.15) is 30.9 Å². The maximum Gasteiger partial charge on any atom is 0.157 e. The van der Waals surface area contributed by atoms with E-state index in [1.807, 2.05) is 0 Å². The summed E-state index contributed by atoms with van der Waals surface area (Å²) in [6.45, 7) is 3.21. The summed E-state index contributed by atoms with van der Waals surface area (Å²) in [6.07, 6.45) is 4.18. The normalized spacial score (nSPS) is 18.3. The Morgan fingerprint density at radius 3 is 2.53 bits per heavy atom. The zero-order chi connectivity index (χ0) is 11.5. The number of fused-ring (bicyclic) bond motifs is 1. The quantitative estimate of drug-likeness (QED) is 0.729. The van der Waals surface area contributed by atoms with Crippen LogP contribution in [-0.2, 0) is 12.8 Å². The summed E-state index contributed by atoms with van der Waals surface area (Å²) in [5.74, 6) is -0.00592. The minimum Gasteiger partial charge on any atom is -0.504 e. The molecule has 0 saturated heterocycles. The van der Waals surface area contributed by atoms with Crippen LogP contribution in [0, 0.1) is 0 Å². The Labute approximate surface area is 108 Å². The van der Waals surface area contributed by atoms with Gasteiger partial charge in [0.15, 0.2) is 11.5 Å². The molecule has 1 atom stereocenters. The van der Waals surface area contributed by atoms with Crippen molar-refractivity contribution in [1.82, 2.24) is 5.32 Å². The Morgan fingerprint density at radius 1 is 1.24 bits per heavy atom. The van der Waals surface area contributed by atoms with Crippen molar-refractivity contribution in [3.05, 3.63) is 23.3 Å². The average Bonchev–Trinajstić information content (AvgIpc) is 2.28. The third-order valence-corrected chi connectivity index (χ3v) is 3.21. The summed E-state index contributed by atoms with van der Waals surface area (Å²) >= 11 is 0. The van der Waals surface area contributed by atoms with Crippen molar-refractivity contribution in [2.75, 3.05) is 6.54 Å². The third-order valence-electron chi connectivity index (χ3n) is 3.21. The van der Waals surface area contributed by atoms with Crippen molar-refractivity contribution >= 4 is 12.4 Å². The van der Waals surface area contributed by atoms with Crippen molar-refractivity contribution in [2.24, 2.45) is 0 Å². The molecule has 0 heterocycles. The van der Waals surface area contributed by atoms with Crippen molar-refractivity contribution in [3.8, 4) is 11.5 Å². The van der Waals surface area contributed by atoms with Gasteiger partial charge in [-0.05, 0) is 55.5 Å². The van der Waals surface area contributed by atoms with E-state index in [9.17, 15) is 10.2 Å². The fraction of sp³-hybridized carbons (Fsp3) is 0.538. The zero-order valence-corrected chi connectivity index (χ0v) is 10.9. The van der Waals surface area contributed by atoms with Gasteiger partial charge in [0.05, 0.1) is 0 Å². The molecule has 17 heavy (non-hydrogen) atoms. The highest BCUT2D eigenvalue weighted by Crippen LogP contribution is 2.32. The molecule has 1 unspecified atom stereocenters. The van der Waals surface area contributed by atoms with E-state index < -0.39 is 0 Å². The smallest absolute Gasteiger partial charge is 0.157 e. The summed E-state index contributed by atoms with van der Waals surface area (Å²) in [7, 11) is 0. The van der Waals surface area contributed by atoms with E-state index in [1.165, 1.54) is 5.56 Å². The first-order valence-electron chi connectivity index (χ1n) is 5.97. The first kappa shape index (κ1) is 14.1. The molecular weight excluding hydrogens is 238 g/mol. The van der Waals surface area contributed by atoms with Crippen LogP contribution in [0.25, 0.3) is 0 Å². The van der Waals surface area contributed by atoms with Gasteiger partial charge in [-0.1, -0.05) is 6.92 Å². The highest BCUT2D eigenvalue weighted by atomic mass is 35.5. The third kappa shape index (κ3) is 3.27. The lowest BCUT2D eigenvalue weighted by Gasteiger charge is -2.25. The van der Waals surface area contributed by atoms with Crippen LogP contribution in [-0.4, -0.2) is 22.8 Å². The number of phenolic OH excluding ortho intramolecular Hbond substituents is 2. The van der Waals surface area contributed by atoms with Crippen LogP contribution in [0.2, 0.25) is 0 Å². The highest BCUT2D eigenvalue weighted by Gasteiger charge is 2.19. The van der Waals surface area contributed by atoms with Gasteiger partial charge in [0, 0.05) is 6.04 Å². The number of rotatable bonds is 3. The molecule has 96 valence electrons. The van der Waals surface area contributed by atoms with Crippen LogP contribution >= 0.6 is 12.4 Å². The number of phenols is 2. The van der Waals surface area contributed by atoms with Crippen molar-refractivity contribution < 1.29 is 10.2 Å². The van der Waals surface area contributed by atoms with Gasteiger partial charge in [0.25, 0.3) is 0 Å². The first-order valence-corrected chi connectivity index (χ1v) is 5.97. The molecule has 0 bridgehead atoms. The molecule has 0 spiro atoms. The number of aryl methyl sites for hydroxylation is 1. The number of aromatic hydroxyl groups is 2. The van der Waals surface area contributed by atoms with Gasteiger partial charge in [0.2, 0.25) is 0 Å². The molecule has 4 heteroatoms. The second-order valence-corrected chi connectivity index (χ2v) is 4.50. The minimum atomic E-state index is -0.00473. The molecule has 3 N–H and O–H groups in total. The van der Waals surface area contributed by atoms with Crippen LogP contribution in [0.15, 0.2) is 12.1 Å². The van der Waals surface area contributed by atoms with E-state index in [4.69, 9.17) is 0 Å². The van der Waals surface area contributed by atoms with Gasteiger partial charge >= 0.3 is 0 Å². The lowest BCUT2D eigenvalue weighted by Crippen LogP contribution is -2.34. The summed E-state index contributed by atoms with van der Waals surface area (Å²) in [6, 6.07) is 3.90. The van der Waals surface area contributed by atoms with Crippen LogP contribution in [0.4, 0.5) is 0 Å². The lowest BCUT2D eigenvalue weighted by atomic mass is 9.88. The Morgan fingerprint density at radius 2 is 1.88 bits per heavy atom. The van der Waals surface area contributed by atoms with Crippen LogP contribution in [0.5, 0.6) is 11.5 Å². The van der Waals surface area contributed by atoms with Gasteiger partial charge in [-0.15, -0.1) is 12.4 Å². The summed E-state index contributed by atoms with van der Waals surface area (Å²) in [5, 5.41) is 22.4. The van der Waals surface area contributed by atoms with Crippen molar-refractivity contribution in [3.63, 3.8) is 0 Å². The van der Waals surface area contributed by atoms with Gasteiger partial charge in [-0.25, -0.2) is 0 Å². The van der Waals surface area contributed by atoms with Crippen LogP contribution < -0.4 is 5.32 Å². The Hall–Kier alpha value is -0.930. The lowest BCUT2D eigenvalue weighted by molar-refractivity contribution is 0.398. The fourth-order valence-corrected chi connectivity index (χ4v) is 2.31. The monoisotopic (exact) mass is 257 g/mol. The van der Waals surface area contributed by atoms with E-state index in [0.29, 0.717) is 6.04 Å². The van der Waals surface area contributed by atoms with E-state index in [1.54, 1.807) is 12.1 Å². The summed E-state index contributed by atoms with van der Waals surface area (Å²) in [5.41, 5.74) is 2.33. The largest absolute Gasteiger partial charge is 0.504 e. The molecular formula is C13H20ClNO2. The molecule has 2 rings (SSSR count). The molecule has 0 saturated carbocycles. The van der Waals surface area contributed by atoms with Gasteiger partial charge in [-0.2, -0.15) is 0 Å². The van der Waals surface area contributed by atoms with Gasteiger partial charge in [-0.3, -0.25) is 0 Å². The molecule has 0 fully saturated rings. The average molecular weight is 258 g/mol. The SMILES string of the molecule is CCCNC1CCc2cc(O)c(O)cc2C1.Cl. The maximum absolute atomic E-state index is 9.47. The standard InChI is InChI=1S/C13H19NO2.ClH/c1-2-5-14-11-4-3-9-7-12(15)13(16)8-10(9)6-11;/h7-8,11,14-16H,2-6H2,1H3;1H. The fourth-order valence-electron chi connectivity index (χ4n) is 2.31. The first-order chi connectivity index (χ1) is 7.70. The molecule has 1 aromatic carbocycles. The van der Waals surface area contributed by atoms with Gasteiger partial charge in [0.1, 0.15) is 0 Å². The summed E-state index contributed by atoms with van der Waals surface area (Å²) in [4.78, 5) is 0. The maximum atomic E-state index is 9.47. The molecule has 1 aliphatic rings. The number of benzene rings is 1. The van der Waals surface area contributed by atoms with E-state index in [2.05, 4.69) is 12.2 Å². The van der Waals surface area contributed by atoms with Gasteiger partial charge < -0.3 is 15.5 Å². The Kier molecular flexibility index (Phi) is 5.09. The number of halogens is 1. The number of hydrogen-bond acceptors (Lipinski definition) is 3. The molecule has 1 aromatic rings. The molecule has 0 amide bonds. The molecule has 0 radical (unpaired) electrons. The number of nitrogens with one attached hydrogen (secondary N) is 1. The van der Waals surface area contributed by atoms with E-state index >= 15 is 0 Å². The highest BCUT2D eigenvalue weighted by molar-refractivity contribution is 5.85. The molecule has 1 aliphatic carbocycles. The summed E-state index contributed by atoms with van der Waals surface area (Å²) < 4.78 is 0. The predicted octanol–water partition coefficient (Wildman–Crippen LogP) is 2.38. The molecule has 0 aliphatic heterocycles. The Bertz CT molecular complexity index is 382. The van der Waals surface area contributed by atoms with Crippen LogP contribution in [0.3, 0.4) is 0 Å². The molecule has 0 aromatic heterocycles. The second-order valence-electron chi connectivity index (χ2n) is 4.50. The number of hydrogen-bond donors (Lipinski definition) is 3. The molecule has 3 nitrogen and oxygen atoms in total. The Balaban J connectivity index is 0.00000144. The predicted molar refractivity (Wildman–Crippen MR) is 71.1 cm³/mol. The zero-order valence-electron chi connectivity index (χ0n) is 10.1.